The summed E-state index contributed by atoms with van der Waals surface area (Å²) in [5, 5.41) is 5.11. The van der Waals surface area contributed by atoms with Crippen LogP contribution in [0.4, 0.5) is 0 Å². The Morgan fingerprint density at radius 2 is 1.87 bits per heavy atom. The molecule has 46 heavy (non-hydrogen) atoms. The molecule has 0 saturated carbocycles. The van der Waals surface area contributed by atoms with Crippen LogP contribution in [0.5, 0.6) is 0 Å². The zero-order valence-corrected chi connectivity index (χ0v) is 28.1. The lowest BCUT2D eigenvalue weighted by Gasteiger charge is -2.42. The number of hydrogen-bond acceptors (Lipinski definition) is 9. The van der Waals surface area contributed by atoms with Crippen molar-refractivity contribution in [2.75, 3.05) is 13.2 Å². The van der Waals surface area contributed by atoms with Crippen LogP contribution >= 0.6 is 0 Å². The predicted molar refractivity (Wildman–Crippen MR) is 176 cm³/mol. The number of nitrogens with one attached hydrogen (secondary N) is 2. The molecule has 2 aliphatic rings. The number of hydrazine groups is 1. The molecule has 3 heterocycles. The molecule has 11 nitrogen and oxygen atoms in total. The number of fused-ring (bicyclic) bond motifs is 1. The maximum atomic E-state index is 14.1. The van der Waals surface area contributed by atoms with E-state index in [4.69, 9.17) is 20.2 Å². The summed E-state index contributed by atoms with van der Waals surface area (Å²) < 4.78 is 12.0. The monoisotopic (exact) mass is 635 g/mol. The molecule has 4 N–H and O–H groups in total. The van der Waals surface area contributed by atoms with Gasteiger partial charge >= 0.3 is 5.97 Å². The number of ether oxygens (including phenoxy) is 2. The van der Waals surface area contributed by atoms with Crippen molar-refractivity contribution in [3.63, 3.8) is 0 Å². The molecule has 250 valence electrons. The van der Waals surface area contributed by atoms with Crippen molar-refractivity contribution in [3.8, 4) is 0 Å². The summed E-state index contributed by atoms with van der Waals surface area (Å²) in [6.07, 6.45) is 4.70. The van der Waals surface area contributed by atoms with Gasteiger partial charge in [0, 0.05) is 24.6 Å². The van der Waals surface area contributed by atoms with Gasteiger partial charge in [0.15, 0.2) is 6.10 Å². The summed E-state index contributed by atoms with van der Waals surface area (Å²) in [4.78, 5) is 57.3. The van der Waals surface area contributed by atoms with Crippen LogP contribution in [0.1, 0.15) is 91.4 Å². The van der Waals surface area contributed by atoms with E-state index in [-0.39, 0.29) is 23.7 Å². The van der Waals surface area contributed by atoms with Crippen molar-refractivity contribution in [2.24, 2.45) is 17.1 Å². The average Bonchev–Trinajstić information content (AvgIpc) is 3.00. The third-order valence-electron chi connectivity index (χ3n) is 8.76. The number of rotatable bonds is 10. The van der Waals surface area contributed by atoms with Crippen LogP contribution in [0.2, 0.25) is 0 Å². The molecule has 0 radical (unpaired) electrons. The molecule has 11 heteroatoms. The first-order valence-corrected chi connectivity index (χ1v) is 16.2. The highest BCUT2D eigenvalue weighted by atomic mass is 16.6. The van der Waals surface area contributed by atoms with E-state index in [1.807, 2.05) is 63.3 Å². The van der Waals surface area contributed by atoms with Crippen molar-refractivity contribution >= 4 is 40.5 Å². The van der Waals surface area contributed by atoms with E-state index in [0.29, 0.717) is 38.8 Å². The molecule has 2 amide bonds. The molecule has 5 atom stereocenters. The number of benzene rings is 1. The number of nitrogens with two attached hydrogens (primary N) is 1. The van der Waals surface area contributed by atoms with Crippen molar-refractivity contribution in [1.29, 1.82) is 0 Å². The number of esters is 1. The molecule has 0 spiro atoms. The highest BCUT2D eigenvalue weighted by molar-refractivity contribution is 5.91. The third kappa shape index (κ3) is 8.37. The normalized spacial score (nSPS) is 23.6. The van der Waals surface area contributed by atoms with E-state index in [2.05, 4.69) is 10.7 Å². The Kier molecular flexibility index (Phi) is 11.0. The SMILES string of the molecule is CC(=O)[C@@H]1CCCN(C(=O)[C@H](C)NC(=O)[C@@H](OC(=O)[C@]2(/C=C/c3ccc4ccc([C@@H](C)N)nc4c3)CCOC(C)(C)C2)C(C)C)N1. The maximum Gasteiger partial charge on any atom is 0.316 e. The van der Waals surface area contributed by atoms with Gasteiger partial charge in [0.1, 0.15) is 11.8 Å². The van der Waals surface area contributed by atoms with Crippen LogP contribution in [0.15, 0.2) is 36.4 Å². The lowest BCUT2D eigenvalue weighted by Crippen LogP contribution is -2.59. The fourth-order valence-electron chi connectivity index (χ4n) is 6.11. The maximum absolute atomic E-state index is 14.1. The Morgan fingerprint density at radius 1 is 1.15 bits per heavy atom. The summed E-state index contributed by atoms with van der Waals surface area (Å²) >= 11 is 0. The van der Waals surface area contributed by atoms with Gasteiger partial charge in [-0.2, -0.15) is 0 Å². The molecular formula is C35H49N5O6. The summed E-state index contributed by atoms with van der Waals surface area (Å²) in [5.41, 5.74) is 9.81. The molecule has 4 rings (SSSR count). The molecule has 0 unspecified atom stereocenters. The minimum Gasteiger partial charge on any atom is -0.451 e. The smallest absolute Gasteiger partial charge is 0.316 e. The summed E-state index contributed by atoms with van der Waals surface area (Å²) in [7, 11) is 0. The van der Waals surface area contributed by atoms with Crippen molar-refractivity contribution in [2.45, 2.75) is 104 Å². The molecule has 1 aromatic heterocycles. The van der Waals surface area contributed by atoms with E-state index in [1.54, 1.807) is 20.8 Å². The van der Waals surface area contributed by atoms with Gasteiger partial charge in [-0.25, -0.2) is 5.43 Å². The number of carbonyl (C=O) groups is 4. The van der Waals surface area contributed by atoms with Gasteiger partial charge in [0.25, 0.3) is 11.8 Å². The van der Waals surface area contributed by atoms with E-state index in [1.165, 1.54) is 11.9 Å². The Hall–Kier alpha value is -3.67. The average molecular weight is 636 g/mol. The number of aromatic nitrogens is 1. The van der Waals surface area contributed by atoms with Crippen molar-refractivity contribution in [1.82, 2.24) is 20.7 Å². The lowest BCUT2D eigenvalue weighted by atomic mass is 9.73. The molecule has 2 aromatic rings. The second-order valence-corrected chi connectivity index (χ2v) is 13.7. The van der Waals surface area contributed by atoms with Crippen molar-refractivity contribution < 1.29 is 28.7 Å². The van der Waals surface area contributed by atoms with Gasteiger partial charge in [0.05, 0.1) is 28.3 Å². The van der Waals surface area contributed by atoms with Crippen LogP contribution in [-0.2, 0) is 28.7 Å². The number of nitrogens with zero attached hydrogens (tertiary/aromatic N) is 2. The summed E-state index contributed by atoms with van der Waals surface area (Å²) in [5.74, 6) is -1.85. The molecule has 0 bridgehead atoms. The second kappa shape index (κ2) is 14.4. The Bertz CT molecular complexity index is 1490. The van der Waals surface area contributed by atoms with E-state index < -0.39 is 41.1 Å². The topological polar surface area (TPSA) is 153 Å². The second-order valence-electron chi connectivity index (χ2n) is 13.7. The Labute approximate surface area is 271 Å². The number of carbonyl (C=O) groups excluding carboxylic acids is 4. The predicted octanol–water partition coefficient (Wildman–Crippen LogP) is 4.00. The van der Waals surface area contributed by atoms with Crippen LogP contribution in [0, 0.1) is 11.3 Å². The standard InChI is InChI=1S/C35H49N5O6/c1-21(2)30(31(42)37-23(4)32(43)40-17-8-9-28(39-40)24(5)41)46-33(44)35(16-18-45-34(6,7)20-35)15-14-25-10-11-26-12-13-27(22(3)36)38-29(26)19-25/h10-15,19,21-23,28,30,39H,8-9,16-18,20,36H2,1-7H3,(H,37,42)/b15-14+/t22-,23+,28+,30+,35-/m1/s1. The molecule has 2 aliphatic heterocycles. The van der Waals surface area contributed by atoms with Gasteiger partial charge in [-0.05, 0) is 83.9 Å². The zero-order chi connectivity index (χ0) is 33.8. The van der Waals surface area contributed by atoms with Gasteiger partial charge in [-0.15, -0.1) is 0 Å². The quantitative estimate of drug-likeness (QED) is 0.329. The summed E-state index contributed by atoms with van der Waals surface area (Å²) in [6, 6.07) is 8.29. The minimum absolute atomic E-state index is 0.0482. The van der Waals surface area contributed by atoms with Crippen LogP contribution in [0.25, 0.3) is 17.0 Å². The molecule has 0 aliphatic carbocycles. The molecule has 2 fully saturated rings. The first-order chi connectivity index (χ1) is 21.6. The largest absolute Gasteiger partial charge is 0.451 e. The van der Waals surface area contributed by atoms with Gasteiger partial charge < -0.3 is 20.5 Å². The zero-order valence-electron chi connectivity index (χ0n) is 28.1. The van der Waals surface area contributed by atoms with Gasteiger partial charge in [-0.1, -0.05) is 44.2 Å². The highest BCUT2D eigenvalue weighted by Crippen LogP contribution is 2.42. The number of Topliss-reactive ketones (excluding diaryl/α,β-unsaturated/α-hetero) is 1. The third-order valence-corrected chi connectivity index (χ3v) is 8.76. The first kappa shape index (κ1) is 35.2. The molecular weight excluding hydrogens is 586 g/mol. The number of ketones is 1. The van der Waals surface area contributed by atoms with Crippen LogP contribution < -0.4 is 16.5 Å². The van der Waals surface area contributed by atoms with E-state index in [9.17, 15) is 19.2 Å². The number of hydrogen-bond donors (Lipinski definition) is 3. The van der Waals surface area contributed by atoms with Crippen LogP contribution in [-0.4, -0.2) is 70.5 Å². The van der Waals surface area contributed by atoms with Crippen LogP contribution in [0.3, 0.4) is 0 Å². The molecule has 1 aromatic carbocycles. The fourth-order valence-corrected chi connectivity index (χ4v) is 6.11. The lowest BCUT2D eigenvalue weighted by molar-refractivity contribution is -0.177. The number of pyridine rings is 1. The molecule has 2 saturated heterocycles. The van der Waals surface area contributed by atoms with E-state index >= 15 is 0 Å². The summed E-state index contributed by atoms with van der Waals surface area (Å²) in [6.45, 7) is 13.2. The van der Waals surface area contributed by atoms with E-state index in [0.717, 1.165) is 22.2 Å². The fraction of sp³-hybridized carbons (Fsp3) is 0.571. The Morgan fingerprint density at radius 3 is 2.52 bits per heavy atom. The first-order valence-electron chi connectivity index (χ1n) is 16.2. The van der Waals surface area contributed by atoms with Crippen molar-refractivity contribution in [3.05, 3.63) is 47.7 Å². The highest BCUT2D eigenvalue weighted by Gasteiger charge is 2.47. The van der Waals surface area contributed by atoms with Gasteiger partial charge in [0.2, 0.25) is 0 Å². The minimum atomic E-state index is -1.13. The Balaban J connectivity index is 1.53. The van der Waals surface area contributed by atoms with Gasteiger partial charge in [-0.3, -0.25) is 29.2 Å². The number of amides is 2.